The van der Waals surface area contributed by atoms with Crippen molar-refractivity contribution in [1.82, 2.24) is 4.90 Å². The molecule has 11 unspecified atom stereocenters. The molecule has 2 N–H and O–H groups in total. The highest BCUT2D eigenvalue weighted by Crippen LogP contribution is 2.65. The Morgan fingerprint density at radius 1 is 1.06 bits per heavy atom. The quantitative estimate of drug-likeness (QED) is 0.258. The average molecular weight is 686 g/mol. The number of esters is 1. The summed E-state index contributed by atoms with van der Waals surface area (Å²) in [5.41, 5.74) is 1.82. The van der Waals surface area contributed by atoms with Gasteiger partial charge in [-0.3, -0.25) is 9.59 Å². The van der Waals surface area contributed by atoms with E-state index in [1.54, 1.807) is 0 Å². The molecule has 0 spiro atoms. The number of carbonyl (C=O) groups is 2. The third-order valence-corrected chi connectivity index (χ3v) is 12.1. The third kappa shape index (κ3) is 7.95. The van der Waals surface area contributed by atoms with Crippen LogP contribution in [-0.2, 0) is 33.3 Å². The minimum Gasteiger partial charge on any atom is -0.462 e. The Labute approximate surface area is 287 Å². The summed E-state index contributed by atoms with van der Waals surface area (Å²) in [6.45, 7) is 11.4. The molecule has 0 aromatic rings. The van der Waals surface area contributed by atoms with E-state index >= 15 is 0 Å². The molecule has 10 nitrogen and oxygen atoms in total. The molecule has 270 valence electrons. The van der Waals surface area contributed by atoms with Crippen molar-refractivity contribution >= 4 is 24.2 Å². The van der Waals surface area contributed by atoms with Gasteiger partial charge < -0.3 is 38.8 Å². The van der Waals surface area contributed by atoms with Crippen molar-refractivity contribution in [2.75, 3.05) is 33.9 Å². The zero-order valence-electron chi connectivity index (χ0n) is 29.6. The van der Waals surface area contributed by atoms with Crippen molar-refractivity contribution in [3.05, 3.63) is 11.6 Å². The van der Waals surface area contributed by atoms with Crippen molar-refractivity contribution in [2.24, 2.45) is 28.6 Å². The number of aliphatic hydroxyl groups is 2. The first kappa shape index (κ1) is 38.7. The van der Waals surface area contributed by atoms with Gasteiger partial charge in [-0.15, -0.1) is 12.4 Å². The molecule has 3 saturated carbocycles. The molecule has 11 heteroatoms. The van der Waals surface area contributed by atoms with Gasteiger partial charge in [-0.05, 0) is 115 Å². The standard InChI is InChI=1S/C22H32O3.C14H27NO6.ClH/c1-4-20(24)25-19-8-7-17-16-6-5-14-13-15(23)9-11-21(14,2)18(16)10-12-22(17,19)3;1-14(2)20-12-11(18-7-5-6-15(3)4)10(9(17)8-16)19-13(12)21-14;/h13,16-19H,4-12H2,1-3H3;9-13,16-17H,5-8H2,1-4H3;1H. The van der Waals surface area contributed by atoms with Gasteiger partial charge in [-0.1, -0.05) is 26.3 Å². The van der Waals surface area contributed by atoms with Gasteiger partial charge in [0.05, 0.1) is 6.61 Å². The van der Waals surface area contributed by atoms with Gasteiger partial charge in [-0.2, -0.15) is 0 Å². The molecule has 0 bridgehead atoms. The number of carbonyl (C=O) groups excluding carboxylic acids is 2. The number of aliphatic hydroxyl groups excluding tert-OH is 2. The molecule has 2 aliphatic heterocycles. The minimum absolute atomic E-state index is 0. The average Bonchev–Trinajstić information content (AvgIpc) is 3.62. The molecule has 0 amide bonds. The van der Waals surface area contributed by atoms with Gasteiger partial charge in [0, 0.05) is 24.9 Å². The van der Waals surface area contributed by atoms with Crippen molar-refractivity contribution in [3.63, 3.8) is 0 Å². The van der Waals surface area contributed by atoms with Gasteiger partial charge in [0.1, 0.15) is 30.5 Å². The van der Waals surface area contributed by atoms with Crippen LogP contribution in [0.3, 0.4) is 0 Å². The summed E-state index contributed by atoms with van der Waals surface area (Å²) in [7, 11) is 4.01. The van der Waals surface area contributed by atoms with Gasteiger partial charge in [-0.25, -0.2) is 0 Å². The lowest BCUT2D eigenvalue weighted by atomic mass is 9.47. The topological polar surface area (TPSA) is 124 Å². The molecule has 5 fully saturated rings. The SMILES string of the molecule is CCC(=O)OC1CCC2C3CCC4=CC(=O)CCC4(C)C3CCC12C.CN(C)CCCOC1C(C(O)CO)OC2OC(C)(C)OC21.Cl. The van der Waals surface area contributed by atoms with Crippen molar-refractivity contribution in [3.8, 4) is 0 Å². The molecule has 0 aromatic carbocycles. The lowest BCUT2D eigenvalue weighted by Gasteiger charge is -2.57. The van der Waals surface area contributed by atoms with E-state index in [1.165, 1.54) is 24.8 Å². The molecule has 6 rings (SSSR count). The van der Waals surface area contributed by atoms with E-state index in [2.05, 4.69) is 18.7 Å². The summed E-state index contributed by atoms with van der Waals surface area (Å²) >= 11 is 0. The number of allylic oxidation sites excluding steroid dienone is 1. The van der Waals surface area contributed by atoms with Crippen LogP contribution in [0.5, 0.6) is 0 Å². The summed E-state index contributed by atoms with van der Waals surface area (Å²) in [6, 6.07) is 0. The number of fused-ring (bicyclic) bond motifs is 6. The summed E-state index contributed by atoms with van der Waals surface area (Å²) in [5.74, 6) is 1.69. The van der Waals surface area contributed by atoms with Crippen LogP contribution in [-0.4, -0.2) is 103 Å². The smallest absolute Gasteiger partial charge is 0.305 e. The van der Waals surface area contributed by atoms with E-state index < -0.39 is 30.4 Å². The second-order valence-corrected chi connectivity index (χ2v) is 15.7. The number of hydrogen-bond donors (Lipinski definition) is 2. The zero-order valence-corrected chi connectivity index (χ0v) is 30.4. The largest absolute Gasteiger partial charge is 0.462 e. The van der Waals surface area contributed by atoms with Gasteiger partial charge in [0.25, 0.3) is 0 Å². The minimum atomic E-state index is -1.01. The molecule has 11 atom stereocenters. The van der Waals surface area contributed by atoms with Gasteiger partial charge in [0.15, 0.2) is 17.9 Å². The number of ketones is 1. The molecule has 2 heterocycles. The van der Waals surface area contributed by atoms with E-state index in [9.17, 15) is 14.7 Å². The maximum absolute atomic E-state index is 11.9. The first-order valence-corrected chi connectivity index (χ1v) is 17.7. The first-order valence-electron chi connectivity index (χ1n) is 17.7. The Morgan fingerprint density at radius 2 is 1.81 bits per heavy atom. The summed E-state index contributed by atoms with van der Waals surface area (Å²) in [6.07, 6.45) is 9.09. The summed E-state index contributed by atoms with van der Waals surface area (Å²) in [4.78, 5) is 25.9. The van der Waals surface area contributed by atoms with E-state index in [0.29, 0.717) is 30.6 Å². The molecule has 6 aliphatic rings. The predicted octanol–water partition coefficient (Wildman–Crippen LogP) is 4.81. The van der Waals surface area contributed by atoms with Crippen LogP contribution in [0.1, 0.15) is 98.8 Å². The summed E-state index contributed by atoms with van der Waals surface area (Å²) in [5, 5.41) is 19.0. The number of halogens is 1. The van der Waals surface area contributed by atoms with Crippen LogP contribution in [0.4, 0.5) is 0 Å². The van der Waals surface area contributed by atoms with E-state index in [1.807, 2.05) is 40.9 Å². The zero-order chi connectivity index (χ0) is 33.4. The predicted molar refractivity (Wildman–Crippen MR) is 179 cm³/mol. The highest BCUT2D eigenvalue weighted by Gasteiger charge is 2.60. The maximum atomic E-state index is 11.9. The van der Waals surface area contributed by atoms with Crippen molar-refractivity contribution in [2.45, 2.75) is 141 Å². The molecule has 47 heavy (non-hydrogen) atoms. The molecule has 4 aliphatic carbocycles. The van der Waals surface area contributed by atoms with E-state index in [4.69, 9.17) is 28.8 Å². The van der Waals surface area contributed by atoms with Gasteiger partial charge in [0.2, 0.25) is 0 Å². The van der Waals surface area contributed by atoms with E-state index in [-0.39, 0.29) is 48.0 Å². The highest BCUT2D eigenvalue weighted by molar-refractivity contribution is 5.91. The molecular formula is C36H60ClNO9. The second kappa shape index (κ2) is 15.4. The molecule has 2 saturated heterocycles. The van der Waals surface area contributed by atoms with E-state index in [0.717, 1.165) is 51.0 Å². The van der Waals surface area contributed by atoms with Crippen LogP contribution in [0.25, 0.3) is 0 Å². The fraction of sp³-hybridized carbons (Fsp3) is 0.889. The number of nitrogens with zero attached hydrogens (tertiary/aromatic N) is 1. The Morgan fingerprint density at radius 3 is 2.49 bits per heavy atom. The second-order valence-electron chi connectivity index (χ2n) is 15.7. The fourth-order valence-corrected chi connectivity index (χ4v) is 9.65. The lowest BCUT2D eigenvalue weighted by molar-refractivity contribution is -0.231. The van der Waals surface area contributed by atoms with Crippen molar-refractivity contribution in [1.29, 1.82) is 0 Å². The Kier molecular flexibility index (Phi) is 12.7. The molecular weight excluding hydrogens is 626 g/mol. The molecule has 0 radical (unpaired) electrons. The Hall–Kier alpha value is -1.11. The van der Waals surface area contributed by atoms with Crippen LogP contribution in [0.2, 0.25) is 0 Å². The third-order valence-electron chi connectivity index (χ3n) is 12.1. The maximum Gasteiger partial charge on any atom is 0.305 e. The van der Waals surface area contributed by atoms with Crippen LogP contribution in [0.15, 0.2) is 11.6 Å². The van der Waals surface area contributed by atoms with Crippen LogP contribution < -0.4 is 0 Å². The lowest BCUT2D eigenvalue weighted by Crippen LogP contribution is -2.51. The Balaban J connectivity index is 0.000000212. The first-order chi connectivity index (χ1) is 21.7. The number of rotatable bonds is 9. The Bertz CT molecular complexity index is 1130. The van der Waals surface area contributed by atoms with Crippen molar-refractivity contribution < 1.29 is 43.5 Å². The normalized spacial score (nSPS) is 40.6. The summed E-state index contributed by atoms with van der Waals surface area (Å²) < 4.78 is 28.9. The van der Waals surface area contributed by atoms with Gasteiger partial charge >= 0.3 is 5.97 Å². The highest BCUT2D eigenvalue weighted by atomic mass is 35.5. The van der Waals surface area contributed by atoms with Crippen LogP contribution >= 0.6 is 12.4 Å². The number of hydrogen-bond acceptors (Lipinski definition) is 10. The monoisotopic (exact) mass is 685 g/mol. The molecule has 0 aromatic heterocycles. The number of ether oxygens (including phenoxy) is 5. The fourth-order valence-electron chi connectivity index (χ4n) is 9.65. The van der Waals surface area contributed by atoms with Crippen LogP contribution in [0, 0.1) is 28.6 Å².